The minimum absolute atomic E-state index is 0.160. The number of amides is 1. The fraction of sp³-hybridized carbons (Fsp3) is 0.385. The second kappa shape index (κ2) is 6.64. The normalized spacial score (nSPS) is 11.8. The summed E-state index contributed by atoms with van der Waals surface area (Å²) in [6.45, 7) is 1.88. The van der Waals surface area contributed by atoms with Gasteiger partial charge in [0.05, 0.1) is 6.42 Å². The summed E-state index contributed by atoms with van der Waals surface area (Å²) in [5, 5.41) is 11.4. The van der Waals surface area contributed by atoms with Gasteiger partial charge < -0.3 is 16.2 Å². The minimum Gasteiger partial charge on any atom is -0.480 e. The molecule has 0 aliphatic carbocycles. The number of carbonyl (C=O) groups is 2. The predicted molar refractivity (Wildman–Crippen MR) is 69.0 cm³/mol. The number of nitrogens with two attached hydrogens (primary N) is 1. The number of benzene rings is 1. The number of nitrogens with one attached hydrogen (secondary N) is 1. The molecule has 1 aromatic rings. The molecule has 1 rings (SSSR count). The number of aliphatic carboxylic acids is 1. The molecular weight excluding hydrogens is 232 g/mol. The van der Waals surface area contributed by atoms with Gasteiger partial charge in [-0.15, -0.1) is 0 Å². The van der Waals surface area contributed by atoms with Crippen molar-refractivity contribution < 1.29 is 14.7 Å². The third kappa shape index (κ3) is 4.45. The number of carbonyl (C=O) groups excluding carboxylic acids is 1. The van der Waals surface area contributed by atoms with Crippen LogP contribution in [0.2, 0.25) is 0 Å². The highest BCUT2D eigenvalue weighted by molar-refractivity contribution is 5.84. The number of carboxylic acid groups (broad SMARTS) is 1. The van der Waals surface area contributed by atoms with E-state index in [9.17, 15) is 9.59 Å². The smallest absolute Gasteiger partial charge is 0.326 e. The van der Waals surface area contributed by atoms with Crippen LogP contribution in [-0.2, 0) is 16.0 Å². The van der Waals surface area contributed by atoms with Gasteiger partial charge in [-0.3, -0.25) is 4.79 Å². The Bertz CT molecular complexity index is 415. The first-order valence-electron chi connectivity index (χ1n) is 5.89. The molecule has 98 valence electrons. The van der Waals surface area contributed by atoms with Crippen LogP contribution in [0.15, 0.2) is 24.3 Å². The van der Waals surface area contributed by atoms with Crippen LogP contribution in [0.1, 0.15) is 25.3 Å². The van der Waals surface area contributed by atoms with Crippen LogP contribution in [0.5, 0.6) is 0 Å². The SMILES string of the molecule is CCCC(NC(=O)Cc1ccc(N)cc1)C(=O)O. The molecule has 0 fully saturated rings. The molecule has 1 unspecified atom stereocenters. The van der Waals surface area contributed by atoms with Crippen LogP contribution in [0.3, 0.4) is 0 Å². The van der Waals surface area contributed by atoms with Crippen molar-refractivity contribution in [2.24, 2.45) is 0 Å². The Labute approximate surface area is 106 Å². The Morgan fingerprint density at radius 2 is 1.94 bits per heavy atom. The van der Waals surface area contributed by atoms with Crippen molar-refractivity contribution in [1.82, 2.24) is 5.32 Å². The van der Waals surface area contributed by atoms with Crippen LogP contribution in [0.4, 0.5) is 5.69 Å². The topological polar surface area (TPSA) is 92.4 Å². The van der Waals surface area contributed by atoms with Crippen molar-refractivity contribution in [3.63, 3.8) is 0 Å². The predicted octanol–water partition coefficient (Wildman–Crippen LogP) is 1.18. The van der Waals surface area contributed by atoms with Crippen LogP contribution >= 0.6 is 0 Å². The van der Waals surface area contributed by atoms with Gasteiger partial charge in [0.2, 0.25) is 5.91 Å². The van der Waals surface area contributed by atoms with Crippen molar-refractivity contribution in [2.45, 2.75) is 32.2 Å². The van der Waals surface area contributed by atoms with E-state index in [1.54, 1.807) is 24.3 Å². The van der Waals surface area contributed by atoms with Crippen LogP contribution < -0.4 is 11.1 Å². The zero-order chi connectivity index (χ0) is 13.5. The molecule has 1 atom stereocenters. The summed E-state index contributed by atoms with van der Waals surface area (Å²) in [4.78, 5) is 22.6. The molecule has 0 bridgehead atoms. The van der Waals surface area contributed by atoms with Gasteiger partial charge >= 0.3 is 5.97 Å². The average Bonchev–Trinajstić information content (AvgIpc) is 2.31. The first kappa shape index (κ1) is 14.0. The molecule has 0 spiro atoms. The van der Waals surface area contributed by atoms with E-state index in [0.717, 1.165) is 5.56 Å². The molecule has 0 radical (unpaired) electrons. The van der Waals surface area contributed by atoms with Gasteiger partial charge in [-0.25, -0.2) is 4.79 Å². The first-order valence-corrected chi connectivity index (χ1v) is 5.89. The Morgan fingerprint density at radius 3 is 2.44 bits per heavy atom. The van der Waals surface area contributed by atoms with E-state index in [1.165, 1.54) is 0 Å². The maximum absolute atomic E-state index is 11.7. The lowest BCUT2D eigenvalue weighted by molar-refractivity contribution is -0.141. The largest absolute Gasteiger partial charge is 0.480 e. The zero-order valence-electron chi connectivity index (χ0n) is 10.3. The van der Waals surface area contributed by atoms with E-state index in [0.29, 0.717) is 18.5 Å². The van der Waals surface area contributed by atoms with Gasteiger partial charge in [-0.2, -0.15) is 0 Å². The molecule has 18 heavy (non-hydrogen) atoms. The van der Waals surface area contributed by atoms with Gasteiger partial charge in [-0.1, -0.05) is 25.5 Å². The second-order valence-electron chi connectivity index (χ2n) is 4.17. The Morgan fingerprint density at radius 1 is 1.33 bits per heavy atom. The number of anilines is 1. The molecule has 0 saturated carbocycles. The lowest BCUT2D eigenvalue weighted by atomic mass is 10.1. The van der Waals surface area contributed by atoms with Crippen LogP contribution in [0, 0.1) is 0 Å². The van der Waals surface area contributed by atoms with Crippen molar-refractivity contribution in [1.29, 1.82) is 0 Å². The standard InChI is InChI=1S/C13H18N2O3/c1-2-3-11(13(17)18)15-12(16)8-9-4-6-10(14)7-5-9/h4-7,11H,2-3,8,14H2,1H3,(H,15,16)(H,17,18). The summed E-state index contributed by atoms with van der Waals surface area (Å²) in [6.07, 6.45) is 1.30. The molecule has 0 aromatic heterocycles. The maximum Gasteiger partial charge on any atom is 0.326 e. The van der Waals surface area contributed by atoms with Crippen molar-refractivity contribution in [3.8, 4) is 0 Å². The van der Waals surface area contributed by atoms with Gasteiger partial charge in [0.1, 0.15) is 6.04 Å². The summed E-state index contributed by atoms with van der Waals surface area (Å²) >= 11 is 0. The monoisotopic (exact) mass is 250 g/mol. The van der Waals surface area contributed by atoms with Gasteiger partial charge in [0.25, 0.3) is 0 Å². The van der Waals surface area contributed by atoms with Crippen molar-refractivity contribution in [3.05, 3.63) is 29.8 Å². The van der Waals surface area contributed by atoms with E-state index in [-0.39, 0.29) is 12.3 Å². The zero-order valence-corrected chi connectivity index (χ0v) is 10.3. The maximum atomic E-state index is 11.7. The molecule has 0 saturated heterocycles. The lowest BCUT2D eigenvalue weighted by Gasteiger charge is -2.13. The molecule has 0 aliphatic rings. The highest BCUT2D eigenvalue weighted by atomic mass is 16.4. The summed E-state index contributed by atoms with van der Waals surface area (Å²) in [6, 6.07) is 6.12. The quantitative estimate of drug-likeness (QED) is 0.661. The van der Waals surface area contributed by atoms with E-state index in [2.05, 4.69) is 5.32 Å². The number of carboxylic acids is 1. The minimum atomic E-state index is -0.998. The molecule has 5 nitrogen and oxygen atoms in total. The highest BCUT2D eigenvalue weighted by Gasteiger charge is 2.18. The van der Waals surface area contributed by atoms with Gasteiger partial charge in [0, 0.05) is 5.69 Å². The Kier molecular flexibility index (Phi) is 5.17. The number of rotatable bonds is 6. The summed E-state index contributed by atoms with van der Waals surface area (Å²) in [5.41, 5.74) is 6.98. The third-order valence-electron chi connectivity index (χ3n) is 2.56. The summed E-state index contributed by atoms with van der Waals surface area (Å²) in [7, 11) is 0. The van der Waals surface area contributed by atoms with Gasteiger partial charge in [0.15, 0.2) is 0 Å². The second-order valence-corrected chi connectivity index (χ2v) is 4.17. The summed E-state index contributed by atoms with van der Waals surface area (Å²) < 4.78 is 0. The molecule has 0 heterocycles. The van der Waals surface area contributed by atoms with E-state index in [4.69, 9.17) is 10.8 Å². The van der Waals surface area contributed by atoms with Gasteiger partial charge in [-0.05, 0) is 24.1 Å². The Balaban J connectivity index is 2.54. The fourth-order valence-corrected chi connectivity index (χ4v) is 1.61. The van der Waals surface area contributed by atoms with E-state index in [1.807, 2.05) is 6.92 Å². The number of nitrogen functional groups attached to an aromatic ring is 1. The molecular formula is C13H18N2O3. The van der Waals surface area contributed by atoms with E-state index < -0.39 is 12.0 Å². The van der Waals surface area contributed by atoms with Crippen molar-refractivity contribution in [2.75, 3.05) is 5.73 Å². The van der Waals surface area contributed by atoms with Crippen LogP contribution in [-0.4, -0.2) is 23.0 Å². The highest BCUT2D eigenvalue weighted by Crippen LogP contribution is 2.06. The first-order chi connectivity index (χ1) is 8.52. The number of hydrogen-bond donors (Lipinski definition) is 3. The molecule has 0 aliphatic heterocycles. The van der Waals surface area contributed by atoms with E-state index >= 15 is 0 Å². The van der Waals surface area contributed by atoms with Crippen molar-refractivity contribution >= 4 is 17.6 Å². The molecule has 5 heteroatoms. The Hall–Kier alpha value is -2.04. The third-order valence-corrected chi connectivity index (χ3v) is 2.56. The lowest BCUT2D eigenvalue weighted by Crippen LogP contribution is -2.41. The molecule has 1 aromatic carbocycles. The summed E-state index contributed by atoms with van der Waals surface area (Å²) in [5.74, 6) is -1.29. The number of hydrogen-bond acceptors (Lipinski definition) is 3. The average molecular weight is 250 g/mol. The molecule has 1 amide bonds. The fourth-order valence-electron chi connectivity index (χ4n) is 1.61. The molecule has 4 N–H and O–H groups in total. The van der Waals surface area contributed by atoms with Crippen LogP contribution in [0.25, 0.3) is 0 Å².